The molecule has 0 unspecified atom stereocenters. The van der Waals surface area contributed by atoms with Crippen LogP contribution >= 0.6 is 0 Å². The van der Waals surface area contributed by atoms with Crippen LogP contribution in [0.2, 0.25) is 0 Å². The van der Waals surface area contributed by atoms with E-state index in [-0.39, 0.29) is 38.3 Å². The quantitative estimate of drug-likeness (QED) is 0.474. The average molecular weight is 503 g/mol. The van der Waals surface area contributed by atoms with Crippen LogP contribution < -0.4 is 4.90 Å². The Hall–Kier alpha value is -2.90. The fourth-order valence-corrected chi connectivity index (χ4v) is 5.52. The lowest BCUT2D eigenvalue weighted by Gasteiger charge is -2.36. The third-order valence-corrected chi connectivity index (χ3v) is 7.68. The number of halogens is 5. The molecule has 0 radical (unpaired) electrons. The normalized spacial score (nSPS) is 20.9. The van der Waals surface area contributed by atoms with Gasteiger partial charge in [-0.2, -0.15) is 17.5 Å². The van der Waals surface area contributed by atoms with E-state index in [4.69, 9.17) is 0 Å². The Labute approximate surface area is 191 Å². The summed E-state index contributed by atoms with van der Waals surface area (Å²) in [5, 5.41) is 0. The minimum atomic E-state index is -4.70. The molecule has 0 spiro atoms. The smallest absolute Gasteiger partial charge is 0.289 e. The number of carbonyl (C=O) groups is 2. The molecule has 2 heterocycles. The van der Waals surface area contributed by atoms with Crippen molar-refractivity contribution in [3.63, 3.8) is 0 Å². The molecule has 0 N–H and O–H groups in total. The molecule has 2 aromatic rings. The number of sulfonamides is 1. The molecule has 2 saturated heterocycles. The summed E-state index contributed by atoms with van der Waals surface area (Å²) in [5.74, 6) is -3.33. The van der Waals surface area contributed by atoms with Crippen LogP contribution in [-0.4, -0.2) is 61.7 Å². The molecule has 0 aliphatic carbocycles. The van der Waals surface area contributed by atoms with E-state index in [0.29, 0.717) is 17.0 Å². The van der Waals surface area contributed by atoms with Crippen molar-refractivity contribution in [1.82, 2.24) is 9.21 Å². The molecule has 7 nitrogen and oxygen atoms in total. The highest BCUT2D eigenvalue weighted by molar-refractivity contribution is 7.89. The van der Waals surface area contributed by atoms with Gasteiger partial charge in [-0.3, -0.25) is 14.5 Å². The van der Waals surface area contributed by atoms with Crippen molar-refractivity contribution in [2.45, 2.75) is 23.5 Å². The molecule has 2 fully saturated rings. The van der Waals surface area contributed by atoms with Crippen LogP contribution in [0, 0.1) is 11.6 Å². The maximum atomic E-state index is 14.1. The first-order valence-corrected chi connectivity index (χ1v) is 11.6. The van der Waals surface area contributed by atoms with Crippen molar-refractivity contribution in [3.8, 4) is 0 Å². The Morgan fingerprint density at radius 2 is 1.59 bits per heavy atom. The number of alkyl halides is 3. The molecule has 182 valence electrons. The molecule has 2 aliphatic rings. The molecule has 1 atom stereocenters. The summed E-state index contributed by atoms with van der Waals surface area (Å²) in [4.78, 5) is 27.0. The minimum Gasteiger partial charge on any atom is -0.289 e. The maximum absolute atomic E-state index is 14.1. The van der Waals surface area contributed by atoms with Gasteiger partial charge in [0.25, 0.3) is 5.91 Å². The fraction of sp³-hybridized carbons (Fsp3) is 0.333. The summed E-state index contributed by atoms with van der Waals surface area (Å²) in [6.45, 7) is -0.188. The Morgan fingerprint density at radius 3 is 2.21 bits per heavy atom. The van der Waals surface area contributed by atoms with Crippen LogP contribution in [0.3, 0.4) is 0 Å². The monoisotopic (exact) mass is 503 g/mol. The SMILES string of the molecule is O=C1C[C@H](N2CCN(S(=O)(=O)c3cccc(C(F)(F)F)c3)CC2)C(=O)N1c1ccc(F)cc1F. The zero-order valence-electron chi connectivity index (χ0n) is 17.4. The van der Waals surface area contributed by atoms with Crippen LogP contribution in [0.5, 0.6) is 0 Å². The van der Waals surface area contributed by atoms with E-state index in [2.05, 4.69) is 0 Å². The first-order chi connectivity index (χ1) is 15.9. The summed E-state index contributed by atoms with van der Waals surface area (Å²) >= 11 is 0. The summed E-state index contributed by atoms with van der Waals surface area (Å²) in [5.41, 5.74) is -1.46. The number of hydrogen-bond acceptors (Lipinski definition) is 5. The van der Waals surface area contributed by atoms with Crippen LogP contribution in [0.25, 0.3) is 0 Å². The van der Waals surface area contributed by atoms with Gasteiger partial charge in [-0.1, -0.05) is 6.07 Å². The summed E-state index contributed by atoms with van der Waals surface area (Å²) in [6.07, 6.45) is -4.97. The molecule has 2 aromatic carbocycles. The van der Waals surface area contributed by atoms with Crippen molar-refractivity contribution < 1.29 is 40.0 Å². The molecule has 34 heavy (non-hydrogen) atoms. The largest absolute Gasteiger partial charge is 0.416 e. The van der Waals surface area contributed by atoms with Gasteiger partial charge >= 0.3 is 6.18 Å². The van der Waals surface area contributed by atoms with Crippen LogP contribution in [0.4, 0.5) is 27.6 Å². The zero-order valence-corrected chi connectivity index (χ0v) is 18.2. The van der Waals surface area contributed by atoms with Crippen molar-refractivity contribution in [3.05, 3.63) is 59.7 Å². The molecule has 0 aromatic heterocycles. The van der Waals surface area contributed by atoms with Crippen LogP contribution in [-0.2, 0) is 25.8 Å². The standard InChI is InChI=1S/C21H18F5N3O4S/c22-14-4-5-17(16(23)11-14)29-19(30)12-18(20(29)31)27-6-8-28(9-7-27)34(32,33)15-3-1-2-13(10-15)21(24,25)26/h1-5,10-11,18H,6-9,12H2/t18-/m0/s1. The lowest BCUT2D eigenvalue weighted by Crippen LogP contribution is -2.53. The topological polar surface area (TPSA) is 78.0 Å². The zero-order chi connectivity index (χ0) is 24.8. The Balaban J connectivity index is 1.47. The highest BCUT2D eigenvalue weighted by Gasteiger charge is 2.45. The number of imide groups is 1. The van der Waals surface area contributed by atoms with E-state index in [9.17, 15) is 40.0 Å². The predicted molar refractivity (Wildman–Crippen MR) is 109 cm³/mol. The first-order valence-electron chi connectivity index (χ1n) is 10.1. The number of anilines is 1. The number of amides is 2. The third-order valence-electron chi connectivity index (χ3n) is 5.79. The Bertz CT molecular complexity index is 1240. The molecular formula is C21H18F5N3O4S. The average Bonchev–Trinajstić information content (AvgIpc) is 3.07. The van der Waals surface area contributed by atoms with Gasteiger partial charge in [0.15, 0.2) is 0 Å². The number of carbonyl (C=O) groups excluding carboxylic acids is 2. The Kier molecular flexibility index (Phi) is 6.21. The van der Waals surface area contributed by atoms with Crippen LogP contribution in [0.1, 0.15) is 12.0 Å². The second kappa shape index (κ2) is 8.71. The van der Waals surface area contributed by atoms with Crippen molar-refractivity contribution in [2.75, 3.05) is 31.1 Å². The number of benzene rings is 2. The van der Waals surface area contributed by atoms with Crippen molar-refractivity contribution in [2.24, 2.45) is 0 Å². The van der Waals surface area contributed by atoms with Crippen LogP contribution in [0.15, 0.2) is 47.4 Å². The van der Waals surface area contributed by atoms with E-state index in [0.717, 1.165) is 34.6 Å². The van der Waals surface area contributed by atoms with Gasteiger partial charge in [-0.05, 0) is 30.3 Å². The van der Waals surface area contributed by atoms with Crippen molar-refractivity contribution in [1.29, 1.82) is 0 Å². The third kappa shape index (κ3) is 4.42. The van der Waals surface area contributed by atoms with Crippen molar-refractivity contribution >= 4 is 27.5 Å². The molecular weight excluding hydrogens is 485 g/mol. The fourth-order valence-electron chi connectivity index (χ4n) is 4.05. The molecule has 2 aliphatic heterocycles. The summed E-state index contributed by atoms with van der Waals surface area (Å²) in [6, 6.07) is 4.93. The summed E-state index contributed by atoms with van der Waals surface area (Å²) < 4.78 is 92.9. The van der Waals surface area contributed by atoms with Gasteiger partial charge in [0.05, 0.1) is 28.6 Å². The van der Waals surface area contributed by atoms with E-state index in [1.807, 2.05) is 0 Å². The number of piperazine rings is 1. The van der Waals surface area contributed by atoms with Gasteiger partial charge in [-0.15, -0.1) is 0 Å². The van der Waals surface area contributed by atoms with Gasteiger partial charge in [0, 0.05) is 32.2 Å². The van der Waals surface area contributed by atoms with Gasteiger partial charge in [0.2, 0.25) is 15.9 Å². The maximum Gasteiger partial charge on any atom is 0.416 e. The highest BCUT2D eigenvalue weighted by Crippen LogP contribution is 2.32. The lowest BCUT2D eigenvalue weighted by molar-refractivity contribution is -0.137. The number of nitrogens with zero attached hydrogens (tertiary/aromatic N) is 3. The van der Waals surface area contributed by atoms with E-state index in [1.54, 1.807) is 4.90 Å². The molecule has 0 bridgehead atoms. The van der Waals surface area contributed by atoms with E-state index < -0.39 is 56.1 Å². The van der Waals surface area contributed by atoms with Gasteiger partial charge in [-0.25, -0.2) is 22.1 Å². The lowest BCUT2D eigenvalue weighted by atomic mass is 10.2. The first kappa shape index (κ1) is 24.2. The number of hydrogen-bond donors (Lipinski definition) is 0. The highest BCUT2D eigenvalue weighted by atomic mass is 32.2. The second-order valence-corrected chi connectivity index (χ2v) is 9.79. The van der Waals surface area contributed by atoms with E-state index >= 15 is 0 Å². The summed E-state index contributed by atoms with van der Waals surface area (Å²) in [7, 11) is -4.22. The molecule has 13 heteroatoms. The number of rotatable bonds is 4. The molecule has 4 rings (SSSR count). The van der Waals surface area contributed by atoms with E-state index in [1.165, 1.54) is 0 Å². The minimum absolute atomic E-state index is 0.0294. The second-order valence-electron chi connectivity index (χ2n) is 7.85. The predicted octanol–water partition coefficient (Wildman–Crippen LogP) is 2.62. The van der Waals surface area contributed by atoms with Gasteiger partial charge < -0.3 is 0 Å². The van der Waals surface area contributed by atoms with Gasteiger partial charge in [0.1, 0.15) is 11.6 Å². The molecule has 2 amide bonds. The molecule has 0 saturated carbocycles. The Morgan fingerprint density at radius 1 is 0.912 bits per heavy atom.